The number of carbonyl (C=O) groups is 1. The summed E-state index contributed by atoms with van der Waals surface area (Å²) in [5.41, 5.74) is 13.2. The minimum absolute atomic E-state index is 0.426. The van der Waals surface area contributed by atoms with Crippen molar-refractivity contribution in [2.24, 2.45) is 11.7 Å². The van der Waals surface area contributed by atoms with E-state index in [0.717, 1.165) is 18.8 Å². The summed E-state index contributed by atoms with van der Waals surface area (Å²) in [5.74, 6) is 0.258. The van der Waals surface area contributed by atoms with Crippen LogP contribution in [0.2, 0.25) is 0 Å². The first-order valence-electron chi connectivity index (χ1n) is 7.71. The quantitative estimate of drug-likeness (QED) is 0.804. The van der Waals surface area contributed by atoms with Gasteiger partial charge in [0.25, 0.3) is 5.91 Å². The van der Waals surface area contributed by atoms with E-state index < -0.39 is 5.91 Å². The minimum atomic E-state index is -0.457. The van der Waals surface area contributed by atoms with Gasteiger partial charge in [-0.15, -0.1) is 0 Å². The Morgan fingerprint density at radius 2 is 2.10 bits per heavy atom. The molecule has 2 atom stereocenters. The molecule has 0 aromatic heterocycles. The van der Waals surface area contributed by atoms with Gasteiger partial charge in [0.15, 0.2) is 0 Å². The number of likely N-dealkylation sites (tertiary alicyclic amines) is 1. The molecule has 114 valence electrons. The summed E-state index contributed by atoms with van der Waals surface area (Å²) in [6, 6.07) is 6.33. The molecule has 1 aromatic rings. The monoisotopic (exact) mass is 288 g/mol. The van der Waals surface area contributed by atoms with E-state index in [9.17, 15) is 4.79 Å². The Bertz CT molecular complexity index is 545. The smallest absolute Gasteiger partial charge is 0.250 e. The molecule has 3 rings (SSSR count). The van der Waals surface area contributed by atoms with Crippen LogP contribution < -0.4 is 16.4 Å². The second-order valence-corrected chi connectivity index (χ2v) is 6.32. The highest BCUT2D eigenvalue weighted by Gasteiger charge is 2.34. The minimum Gasteiger partial charge on any atom is -0.398 e. The predicted octanol–water partition coefficient (Wildman–Crippen LogP) is 1.29. The second-order valence-electron chi connectivity index (χ2n) is 6.32. The van der Waals surface area contributed by atoms with Crippen molar-refractivity contribution in [1.82, 2.24) is 4.90 Å². The van der Waals surface area contributed by atoms with Crippen LogP contribution >= 0.6 is 0 Å². The number of carbonyl (C=O) groups excluding carboxylic acids is 1. The van der Waals surface area contributed by atoms with E-state index in [2.05, 4.69) is 16.8 Å². The zero-order valence-corrected chi connectivity index (χ0v) is 12.6. The fraction of sp³-hybridized carbons (Fsp3) is 0.562. The lowest BCUT2D eigenvalue weighted by Gasteiger charge is -2.46. The third kappa shape index (κ3) is 2.70. The lowest BCUT2D eigenvalue weighted by atomic mass is 9.84. The summed E-state index contributed by atoms with van der Waals surface area (Å²) in [4.78, 5) is 16.3. The first-order chi connectivity index (χ1) is 10.1. The highest BCUT2D eigenvalue weighted by atomic mass is 16.1. The van der Waals surface area contributed by atoms with Crippen LogP contribution in [-0.4, -0.2) is 43.5 Å². The van der Waals surface area contributed by atoms with Crippen molar-refractivity contribution < 1.29 is 4.79 Å². The average molecular weight is 288 g/mol. The Balaban J connectivity index is 1.79. The highest BCUT2D eigenvalue weighted by molar-refractivity contribution is 5.99. The number of benzene rings is 1. The summed E-state index contributed by atoms with van der Waals surface area (Å²) in [7, 11) is 2.24. The number of amides is 1. The van der Waals surface area contributed by atoms with Crippen molar-refractivity contribution in [3.05, 3.63) is 23.8 Å². The summed E-state index contributed by atoms with van der Waals surface area (Å²) >= 11 is 0. The Labute approximate surface area is 125 Å². The molecule has 0 saturated carbocycles. The number of fused-ring (bicyclic) bond motifs is 1. The van der Waals surface area contributed by atoms with E-state index in [1.54, 1.807) is 6.07 Å². The number of nitrogens with two attached hydrogens (primary N) is 2. The summed E-state index contributed by atoms with van der Waals surface area (Å²) < 4.78 is 0. The van der Waals surface area contributed by atoms with Crippen molar-refractivity contribution >= 4 is 17.3 Å². The molecule has 2 aliphatic heterocycles. The zero-order valence-electron chi connectivity index (χ0n) is 12.6. The van der Waals surface area contributed by atoms with E-state index in [1.165, 1.54) is 25.8 Å². The van der Waals surface area contributed by atoms with Gasteiger partial charge >= 0.3 is 0 Å². The van der Waals surface area contributed by atoms with Gasteiger partial charge in [0.05, 0.1) is 5.56 Å². The number of hydrogen-bond acceptors (Lipinski definition) is 4. The molecule has 5 heteroatoms. The second kappa shape index (κ2) is 5.56. The topological polar surface area (TPSA) is 75.6 Å². The first kappa shape index (κ1) is 14.2. The number of piperidine rings is 2. The Morgan fingerprint density at radius 3 is 2.86 bits per heavy atom. The molecule has 0 radical (unpaired) electrons. The Hall–Kier alpha value is -1.75. The number of nitrogens with zero attached hydrogens (tertiary/aromatic N) is 2. The van der Waals surface area contributed by atoms with Gasteiger partial charge in [-0.05, 0) is 57.0 Å². The first-order valence-corrected chi connectivity index (χ1v) is 7.71. The van der Waals surface area contributed by atoms with Crippen LogP contribution in [0.1, 0.15) is 29.6 Å². The number of nitrogen functional groups attached to an aromatic ring is 1. The maximum atomic E-state index is 11.4. The molecule has 0 spiro atoms. The maximum Gasteiger partial charge on any atom is 0.250 e. The van der Waals surface area contributed by atoms with E-state index in [-0.39, 0.29) is 0 Å². The molecule has 0 bridgehead atoms. The van der Waals surface area contributed by atoms with Crippen molar-refractivity contribution in [1.29, 1.82) is 0 Å². The molecule has 0 aliphatic carbocycles. The number of hydrogen-bond donors (Lipinski definition) is 2. The van der Waals surface area contributed by atoms with Gasteiger partial charge in [0.2, 0.25) is 0 Å². The molecule has 2 aliphatic rings. The lowest BCUT2D eigenvalue weighted by molar-refractivity contribution is 0.100. The number of primary amides is 1. The van der Waals surface area contributed by atoms with Crippen LogP contribution in [-0.2, 0) is 0 Å². The molecule has 21 heavy (non-hydrogen) atoms. The fourth-order valence-corrected chi connectivity index (χ4v) is 3.84. The standard InChI is InChI=1S/C16H24N4O/c1-19-7-2-3-11-10-20(8-6-15(11)19)12-4-5-14(17)13(9-12)16(18)21/h4-5,9,11,15H,2-3,6-8,10,17H2,1H3,(H2,18,21). The number of rotatable bonds is 2. The van der Waals surface area contributed by atoms with Crippen LogP contribution in [0.3, 0.4) is 0 Å². The molecule has 1 aromatic carbocycles. The molecule has 1 amide bonds. The van der Waals surface area contributed by atoms with Gasteiger partial charge in [-0.2, -0.15) is 0 Å². The van der Waals surface area contributed by atoms with E-state index >= 15 is 0 Å². The van der Waals surface area contributed by atoms with Crippen molar-refractivity contribution in [2.75, 3.05) is 37.3 Å². The van der Waals surface area contributed by atoms with Crippen LogP contribution in [0.4, 0.5) is 11.4 Å². The van der Waals surface area contributed by atoms with E-state index in [0.29, 0.717) is 23.2 Å². The van der Waals surface area contributed by atoms with Gasteiger partial charge in [0.1, 0.15) is 0 Å². The predicted molar refractivity (Wildman–Crippen MR) is 85.3 cm³/mol. The van der Waals surface area contributed by atoms with Gasteiger partial charge in [-0.1, -0.05) is 0 Å². The molecule has 2 saturated heterocycles. The summed E-state index contributed by atoms with van der Waals surface area (Å²) in [6.07, 6.45) is 3.75. The lowest BCUT2D eigenvalue weighted by Crippen LogP contribution is -2.52. The average Bonchev–Trinajstić information content (AvgIpc) is 2.47. The van der Waals surface area contributed by atoms with Gasteiger partial charge in [0, 0.05) is 30.5 Å². The number of anilines is 2. The molecular weight excluding hydrogens is 264 g/mol. The molecule has 2 heterocycles. The van der Waals surface area contributed by atoms with Crippen molar-refractivity contribution in [3.8, 4) is 0 Å². The van der Waals surface area contributed by atoms with Gasteiger partial charge in [-0.25, -0.2) is 0 Å². The summed E-state index contributed by atoms with van der Waals surface area (Å²) in [6.45, 7) is 3.29. The van der Waals surface area contributed by atoms with Gasteiger partial charge < -0.3 is 21.3 Å². The molecule has 4 N–H and O–H groups in total. The van der Waals surface area contributed by atoms with Crippen molar-refractivity contribution in [2.45, 2.75) is 25.3 Å². The van der Waals surface area contributed by atoms with Crippen molar-refractivity contribution in [3.63, 3.8) is 0 Å². The Kier molecular flexibility index (Phi) is 3.76. The van der Waals surface area contributed by atoms with E-state index in [4.69, 9.17) is 11.5 Å². The SMILES string of the molecule is CN1CCCC2CN(c3ccc(N)c(C(N)=O)c3)CCC21. The third-order valence-electron chi connectivity index (χ3n) is 5.01. The fourth-order valence-electron chi connectivity index (χ4n) is 3.84. The summed E-state index contributed by atoms with van der Waals surface area (Å²) in [5, 5.41) is 0. The molecule has 2 unspecified atom stereocenters. The molecule has 5 nitrogen and oxygen atoms in total. The molecular formula is C16H24N4O. The molecule has 2 fully saturated rings. The van der Waals surface area contributed by atoms with Crippen LogP contribution in [0, 0.1) is 5.92 Å². The maximum absolute atomic E-state index is 11.4. The van der Waals surface area contributed by atoms with Crippen LogP contribution in [0.5, 0.6) is 0 Å². The van der Waals surface area contributed by atoms with Crippen LogP contribution in [0.25, 0.3) is 0 Å². The third-order valence-corrected chi connectivity index (χ3v) is 5.01. The normalized spacial score (nSPS) is 26.4. The zero-order chi connectivity index (χ0) is 15.0. The van der Waals surface area contributed by atoms with Gasteiger partial charge in [-0.3, -0.25) is 4.79 Å². The largest absolute Gasteiger partial charge is 0.398 e. The van der Waals surface area contributed by atoms with Crippen LogP contribution in [0.15, 0.2) is 18.2 Å². The highest BCUT2D eigenvalue weighted by Crippen LogP contribution is 2.32. The Morgan fingerprint density at radius 1 is 1.29 bits per heavy atom. The van der Waals surface area contributed by atoms with E-state index in [1.807, 2.05) is 12.1 Å².